The number of rotatable bonds is 4. The summed E-state index contributed by atoms with van der Waals surface area (Å²) in [6.07, 6.45) is 5.70. The van der Waals surface area contributed by atoms with Gasteiger partial charge >= 0.3 is 0 Å². The zero-order valence-corrected chi connectivity index (χ0v) is 15.5. The third kappa shape index (κ3) is 3.64. The topological polar surface area (TPSA) is 94.7 Å². The highest BCUT2D eigenvalue weighted by atomic mass is 32.1. The molecule has 26 heavy (non-hydrogen) atoms. The van der Waals surface area contributed by atoms with Crippen molar-refractivity contribution in [3.63, 3.8) is 0 Å². The van der Waals surface area contributed by atoms with Crippen molar-refractivity contribution < 1.29 is 4.79 Å². The van der Waals surface area contributed by atoms with E-state index < -0.39 is 0 Å². The van der Waals surface area contributed by atoms with Crippen LogP contribution in [-0.2, 0) is 11.2 Å². The highest BCUT2D eigenvalue weighted by Crippen LogP contribution is 2.27. The van der Waals surface area contributed by atoms with E-state index in [0.717, 1.165) is 52.2 Å². The smallest absolute Gasteiger partial charge is 0.147 e. The Morgan fingerprint density at radius 3 is 2.77 bits per heavy atom. The van der Waals surface area contributed by atoms with Gasteiger partial charge in [0, 0.05) is 29.1 Å². The van der Waals surface area contributed by atoms with Crippen molar-refractivity contribution in [1.29, 1.82) is 0 Å². The van der Waals surface area contributed by atoms with Gasteiger partial charge in [-0.25, -0.2) is 9.97 Å². The zero-order valence-electron chi connectivity index (χ0n) is 14.7. The molecule has 1 saturated carbocycles. The van der Waals surface area contributed by atoms with Crippen LogP contribution in [0.15, 0.2) is 24.4 Å². The molecule has 1 aliphatic rings. The maximum Gasteiger partial charge on any atom is 0.147 e. The number of carbonyl (C=O) groups is 1. The minimum absolute atomic E-state index is 0.102. The standard InChI is InChI=1S/C19H21N5OS/c1-11-23-24-19(26-11)13-2-3-14-10-21-18(22-16(14)8-13)9-17(25)12-4-6-15(20)7-5-12/h2-3,8,10,12,15H,4-7,9,20H2,1H3. The Bertz CT molecular complexity index is 946. The number of aromatic nitrogens is 4. The number of aryl methyl sites for hydroxylation is 1. The van der Waals surface area contributed by atoms with Gasteiger partial charge in [-0.1, -0.05) is 23.5 Å². The monoisotopic (exact) mass is 367 g/mol. The number of nitrogens with two attached hydrogens (primary N) is 1. The minimum Gasteiger partial charge on any atom is -0.328 e. The average Bonchev–Trinajstić information content (AvgIpc) is 3.08. The SMILES string of the molecule is Cc1nnc(-c2ccc3cnc(CC(=O)C4CCC(N)CC4)nc3c2)s1. The lowest BCUT2D eigenvalue weighted by atomic mass is 9.83. The summed E-state index contributed by atoms with van der Waals surface area (Å²) >= 11 is 1.55. The fourth-order valence-corrected chi connectivity index (χ4v) is 4.12. The molecule has 0 saturated heterocycles. The second kappa shape index (κ2) is 7.17. The van der Waals surface area contributed by atoms with Crippen molar-refractivity contribution in [2.75, 3.05) is 0 Å². The van der Waals surface area contributed by atoms with Crippen LogP contribution in [0.1, 0.15) is 36.5 Å². The van der Waals surface area contributed by atoms with E-state index in [9.17, 15) is 4.79 Å². The summed E-state index contributed by atoms with van der Waals surface area (Å²) in [6, 6.07) is 6.22. The lowest BCUT2D eigenvalue weighted by Crippen LogP contribution is -2.30. The van der Waals surface area contributed by atoms with Crippen LogP contribution in [0.5, 0.6) is 0 Å². The number of nitrogens with zero attached hydrogens (tertiary/aromatic N) is 4. The quantitative estimate of drug-likeness (QED) is 0.761. The van der Waals surface area contributed by atoms with Crippen LogP contribution in [0.25, 0.3) is 21.5 Å². The third-order valence-electron chi connectivity index (χ3n) is 4.97. The summed E-state index contributed by atoms with van der Waals surface area (Å²) in [5.41, 5.74) is 7.75. The molecule has 4 rings (SSSR count). The first-order valence-corrected chi connectivity index (χ1v) is 9.74. The Kier molecular flexibility index (Phi) is 4.74. The highest BCUT2D eigenvalue weighted by molar-refractivity contribution is 7.14. The van der Waals surface area contributed by atoms with E-state index >= 15 is 0 Å². The predicted octanol–water partition coefficient (Wildman–Crippen LogP) is 3.09. The highest BCUT2D eigenvalue weighted by Gasteiger charge is 2.25. The summed E-state index contributed by atoms with van der Waals surface area (Å²) in [5, 5.41) is 11.0. The fourth-order valence-electron chi connectivity index (χ4n) is 3.43. The molecule has 134 valence electrons. The van der Waals surface area contributed by atoms with E-state index in [1.807, 2.05) is 25.1 Å². The summed E-state index contributed by atoms with van der Waals surface area (Å²) in [4.78, 5) is 21.6. The molecular formula is C19H21N5OS. The maximum absolute atomic E-state index is 12.6. The van der Waals surface area contributed by atoms with Gasteiger partial charge in [-0.3, -0.25) is 4.79 Å². The molecule has 0 spiro atoms. The first-order chi connectivity index (χ1) is 12.6. The molecule has 1 fully saturated rings. The number of ketones is 1. The minimum atomic E-state index is 0.102. The molecule has 0 atom stereocenters. The molecule has 0 unspecified atom stereocenters. The Balaban J connectivity index is 1.55. The maximum atomic E-state index is 12.6. The van der Waals surface area contributed by atoms with Gasteiger partial charge in [0.05, 0.1) is 11.9 Å². The van der Waals surface area contributed by atoms with Gasteiger partial charge in [-0.05, 0) is 38.7 Å². The number of carbonyl (C=O) groups excluding carboxylic acids is 1. The van der Waals surface area contributed by atoms with Gasteiger partial charge in [-0.15, -0.1) is 10.2 Å². The van der Waals surface area contributed by atoms with Crippen LogP contribution in [0.3, 0.4) is 0 Å². The van der Waals surface area contributed by atoms with Crippen molar-refractivity contribution in [2.45, 2.75) is 45.1 Å². The van der Waals surface area contributed by atoms with Crippen LogP contribution >= 0.6 is 11.3 Å². The van der Waals surface area contributed by atoms with Gasteiger partial charge < -0.3 is 5.73 Å². The van der Waals surface area contributed by atoms with Gasteiger partial charge in [0.2, 0.25) is 0 Å². The normalized spacial score (nSPS) is 20.4. The van der Waals surface area contributed by atoms with Gasteiger partial charge in [0.25, 0.3) is 0 Å². The number of benzene rings is 1. The molecule has 1 aliphatic carbocycles. The molecule has 0 amide bonds. The summed E-state index contributed by atoms with van der Waals surface area (Å²) in [5.74, 6) is 0.917. The Hall–Kier alpha value is -2.25. The molecule has 7 heteroatoms. The molecular weight excluding hydrogens is 346 g/mol. The third-order valence-corrected chi connectivity index (χ3v) is 5.85. The second-order valence-electron chi connectivity index (χ2n) is 6.94. The first-order valence-electron chi connectivity index (χ1n) is 8.93. The molecule has 3 aromatic rings. The molecule has 0 aliphatic heterocycles. The van der Waals surface area contributed by atoms with Crippen molar-refractivity contribution in [3.8, 4) is 10.6 Å². The molecule has 2 heterocycles. The number of Topliss-reactive ketones (excluding diaryl/α,β-unsaturated/α-hetero) is 1. The largest absolute Gasteiger partial charge is 0.328 e. The molecule has 1 aromatic carbocycles. The van der Waals surface area contributed by atoms with Crippen LogP contribution in [0, 0.1) is 12.8 Å². The number of fused-ring (bicyclic) bond motifs is 1. The van der Waals surface area contributed by atoms with Crippen LogP contribution in [0.2, 0.25) is 0 Å². The summed E-state index contributed by atoms with van der Waals surface area (Å²) in [6.45, 7) is 1.94. The van der Waals surface area contributed by atoms with Gasteiger partial charge in [-0.2, -0.15) is 0 Å². The molecule has 6 nitrogen and oxygen atoms in total. The van der Waals surface area contributed by atoms with E-state index in [1.165, 1.54) is 0 Å². The Labute approximate surface area is 155 Å². The van der Waals surface area contributed by atoms with Crippen molar-refractivity contribution in [2.24, 2.45) is 11.7 Å². The molecule has 0 bridgehead atoms. The van der Waals surface area contributed by atoms with Crippen molar-refractivity contribution >= 4 is 28.0 Å². The lowest BCUT2D eigenvalue weighted by molar-refractivity contribution is -0.123. The van der Waals surface area contributed by atoms with E-state index in [2.05, 4.69) is 20.2 Å². The average molecular weight is 367 g/mol. The predicted molar refractivity (Wildman–Crippen MR) is 102 cm³/mol. The second-order valence-corrected chi connectivity index (χ2v) is 8.12. The van der Waals surface area contributed by atoms with Gasteiger partial charge in [0.1, 0.15) is 21.6 Å². The summed E-state index contributed by atoms with van der Waals surface area (Å²) < 4.78 is 0. The van der Waals surface area contributed by atoms with Gasteiger partial charge in [0.15, 0.2) is 0 Å². The molecule has 0 radical (unpaired) electrons. The van der Waals surface area contributed by atoms with E-state index in [4.69, 9.17) is 5.73 Å². The van der Waals surface area contributed by atoms with E-state index in [0.29, 0.717) is 5.82 Å². The van der Waals surface area contributed by atoms with Crippen molar-refractivity contribution in [3.05, 3.63) is 35.2 Å². The summed E-state index contributed by atoms with van der Waals surface area (Å²) in [7, 11) is 0. The molecule has 2 aromatic heterocycles. The Morgan fingerprint density at radius 2 is 2.04 bits per heavy atom. The van der Waals surface area contributed by atoms with E-state index in [-0.39, 0.29) is 24.2 Å². The van der Waals surface area contributed by atoms with E-state index in [1.54, 1.807) is 17.5 Å². The first kappa shape index (κ1) is 17.2. The molecule has 2 N–H and O–H groups in total. The van der Waals surface area contributed by atoms with Crippen LogP contribution in [0.4, 0.5) is 0 Å². The lowest BCUT2D eigenvalue weighted by Gasteiger charge is -2.24. The van der Waals surface area contributed by atoms with Crippen molar-refractivity contribution in [1.82, 2.24) is 20.2 Å². The number of hydrogen-bond acceptors (Lipinski definition) is 7. The fraction of sp³-hybridized carbons (Fsp3) is 0.421. The van der Waals surface area contributed by atoms with Crippen LogP contribution in [-0.4, -0.2) is 32.0 Å². The zero-order chi connectivity index (χ0) is 18.1. The Morgan fingerprint density at radius 1 is 1.23 bits per heavy atom. The number of hydrogen-bond donors (Lipinski definition) is 1. The van der Waals surface area contributed by atoms with Crippen LogP contribution < -0.4 is 5.73 Å².